The number of hydrogen-bond donors (Lipinski definition) is 0. The second kappa shape index (κ2) is 9.96. The van der Waals surface area contributed by atoms with Gasteiger partial charge in [-0.2, -0.15) is 0 Å². The molecule has 8 heteroatoms. The number of pyridine rings is 1. The first kappa shape index (κ1) is 21.4. The van der Waals surface area contributed by atoms with Gasteiger partial charge in [-0.15, -0.1) is 10.2 Å². The van der Waals surface area contributed by atoms with Crippen molar-refractivity contribution in [1.82, 2.24) is 24.6 Å². The number of benzene rings is 1. The summed E-state index contributed by atoms with van der Waals surface area (Å²) in [6.07, 6.45) is 9.32. The van der Waals surface area contributed by atoms with Gasteiger partial charge in [0.25, 0.3) is 0 Å². The molecule has 0 atom stereocenters. The predicted molar refractivity (Wildman–Crippen MR) is 122 cm³/mol. The van der Waals surface area contributed by atoms with E-state index < -0.39 is 0 Å². The summed E-state index contributed by atoms with van der Waals surface area (Å²) in [5.41, 5.74) is 1.73. The second-order valence-corrected chi connectivity index (χ2v) is 8.58. The van der Waals surface area contributed by atoms with E-state index in [1.165, 1.54) is 31.0 Å². The van der Waals surface area contributed by atoms with E-state index in [4.69, 9.17) is 4.74 Å². The van der Waals surface area contributed by atoms with Crippen LogP contribution in [-0.2, 0) is 4.79 Å². The molecule has 0 saturated heterocycles. The maximum Gasteiger partial charge on any atom is 0.233 e. The standard InChI is InChI=1S/C23H27N5O2S/c1-27(18-8-4-3-5-9-18)21(29)16-31-23-26-25-22(17-12-14-24-15-13-17)28(23)19-10-6-7-11-20(19)30-2/h6-7,10-15,18H,3-5,8-9,16H2,1-2H3. The average molecular weight is 438 g/mol. The summed E-state index contributed by atoms with van der Waals surface area (Å²) < 4.78 is 7.54. The van der Waals surface area contributed by atoms with E-state index in [0.717, 1.165) is 24.1 Å². The van der Waals surface area contributed by atoms with Crippen LogP contribution in [0.2, 0.25) is 0 Å². The van der Waals surface area contributed by atoms with E-state index in [2.05, 4.69) is 15.2 Å². The minimum atomic E-state index is 0.122. The molecular weight excluding hydrogens is 410 g/mol. The largest absolute Gasteiger partial charge is 0.495 e. The molecule has 0 aliphatic heterocycles. The number of aromatic nitrogens is 4. The molecule has 1 fully saturated rings. The van der Waals surface area contributed by atoms with Crippen molar-refractivity contribution in [2.45, 2.75) is 43.3 Å². The number of methoxy groups -OCH3 is 1. The molecule has 1 aliphatic carbocycles. The first-order valence-corrected chi connectivity index (χ1v) is 11.5. The number of ether oxygens (including phenoxy) is 1. The Labute approximate surface area is 186 Å². The van der Waals surface area contributed by atoms with Crippen LogP contribution in [-0.4, -0.2) is 56.5 Å². The third-order valence-electron chi connectivity index (χ3n) is 5.74. The summed E-state index contributed by atoms with van der Waals surface area (Å²) in [5, 5.41) is 9.51. The molecule has 0 bridgehead atoms. The number of thioether (sulfide) groups is 1. The average Bonchev–Trinajstić information content (AvgIpc) is 3.26. The molecule has 1 aliphatic rings. The van der Waals surface area contributed by atoms with E-state index in [1.807, 2.05) is 52.9 Å². The van der Waals surface area contributed by atoms with E-state index in [1.54, 1.807) is 19.5 Å². The Morgan fingerprint density at radius 1 is 1.13 bits per heavy atom. The van der Waals surface area contributed by atoms with Crippen molar-refractivity contribution in [1.29, 1.82) is 0 Å². The third-order valence-corrected chi connectivity index (χ3v) is 6.65. The number of amides is 1. The number of nitrogens with zero attached hydrogens (tertiary/aromatic N) is 5. The number of hydrogen-bond acceptors (Lipinski definition) is 6. The van der Waals surface area contributed by atoms with Crippen molar-refractivity contribution in [3.05, 3.63) is 48.8 Å². The number of carbonyl (C=O) groups excluding carboxylic acids is 1. The molecular formula is C23H27N5O2S. The van der Waals surface area contributed by atoms with Crippen molar-refractivity contribution in [3.63, 3.8) is 0 Å². The summed E-state index contributed by atoms with van der Waals surface area (Å²) in [5.74, 6) is 1.83. The SMILES string of the molecule is COc1ccccc1-n1c(SCC(=O)N(C)C2CCCCC2)nnc1-c1ccncc1. The van der Waals surface area contributed by atoms with Crippen LogP contribution in [0.25, 0.3) is 17.1 Å². The molecule has 2 aromatic heterocycles. The Morgan fingerprint density at radius 3 is 2.61 bits per heavy atom. The van der Waals surface area contributed by atoms with E-state index in [0.29, 0.717) is 28.5 Å². The Kier molecular flexibility index (Phi) is 6.86. The van der Waals surface area contributed by atoms with Gasteiger partial charge in [0.15, 0.2) is 11.0 Å². The fourth-order valence-corrected chi connectivity index (χ4v) is 4.85. The molecule has 0 N–H and O–H groups in total. The zero-order valence-corrected chi connectivity index (χ0v) is 18.7. The molecule has 3 aromatic rings. The third kappa shape index (κ3) is 4.74. The fourth-order valence-electron chi connectivity index (χ4n) is 3.98. The molecule has 1 saturated carbocycles. The van der Waals surface area contributed by atoms with E-state index in [9.17, 15) is 4.79 Å². The van der Waals surface area contributed by atoms with Crippen molar-refractivity contribution in [2.24, 2.45) is 0 Å². The van der Waals surface area contributed by atoms with Gasteiger partial charge in [0.2, 0.25) is 5.91 Å². The lowest BCUT2D eigenvalue weighted by Gasteiger charge is -2.31. The predicted octanol–water partition coefficient (Wildman–Crippen LogP) is 4.22. The Bertz CT molecular complexity index is 1020. The lowest BCUT2D eigenvalue weighted by Crippen LogP contribution is -2.39. The van der Waals surface area contributed by atoms with Gasteiger partial charge in [-0.1, -0.05) is 43.2 Å². The van der Waals surface area contributed by atoms with Gasteiger partial charge >= 0.3 is 0 Å². The maximum absolute atomic E-state index is 12.9. The van der Waals surface area contributed by atoms with Crippen molar-refractivity contribution in [3.8, 4) is 22.8 Å². The van der Waals surface area contributed by atoms with Crippen molar-refractivity contribution < 1.29 is 9.53 Å². The van der Waals surface area contributed by atoms with Gasteiger partial charge in [-0.3, -0.25) is 14.3 Å². The first-order chi connectivity index (χ1) is 15.2. The highest BCUT2D eigenvalue weighted by Gasteiger charge is 2.24. The summed E-state index contributed by atoms with van der Waals surface area (Å²) >= 11 is 1.40. The van der Waals surface area contributed by atoms with Crippen LogP contribution in [0.1, 0.15) is 32.1 Å². The molecule has 1 amide bonds. The molecule has 162 valence electrons. The molecule has 31 heavy (non-hydrogen) atoms. The second-order valence-electron chi connectivity index (χ2n) is 7.63. The monoisotopic (exact) mass is 437 g/mol. The normalized spacial score (nSPS) is 14.4. The highest BCUT2D eigenvalue weighted by atomic mass is 32.2. The van der Waals surface area contributed by atoms with Crippen LogP contribution in [0.4, 0.5) is 0 Å². The van der Waals surface area contributed by atoms with Gasteiger partial charge < -0.3 is 9.64 Å². The molecule has 2 heterocycles. The fraction of sp³-hybridized carbons (Fsp3) is 0.391. The number of rotatable bonds is 7. The molecule has 1 aromatic carbocycles. The zero-order chi connectivity index (χ0) is 21.6. The minimum absolute atomic E-state index is 0.122. The molecule has 7 nitrogen and oxygen atoms in total. The van der Waals surface area contributed by atoms with Crippen molar-refractivity contribution >= 4 is 17.7 Å². The minimum Gasteiger partial charge on any atom is -0.495 e. The van der Waals surface area contributed by atoms with Crippen LogP contribution >= 0.6 is 11.8 Å². The van der Waals surface area contributed by atoms with Crippen LogP contribution in [0, 0.1) is 0 Å². The summed E-state index contributed by atoms with van der Waals surface area (Å²) in [6.45, 7) is 0. The van der Waals surface area contributed by atoms with Crippen LogP contribution < -0.4 is 4.74 Å². The molecule has 0 spiro atoms. The number of carbonyl (C=O) groups is 1. The lowest BCUT2D eigenvalue weighted by atomic mass is 9.94. The Hall–Kier alpha value is -2.87. The van der Waals surface area contributed by atoms with Gasteiger partial charge in [-0.25, -0.2) is 0 Å². The number of para-hydroxylation sites is 2. The smallest absolute Gasteiger partial charge is 0.233 e. The molecule has 4 rings (SSSR count). The first-order valence-electron chi connectivity index (χ1n) is 10.6. The topological polar surface area (TPSA) is 73.1 Å². The highest BCUT2D eigenvalue weighted by molar-refractivity contribution is 7.99. The molecule has 0 radical (unpaired) electrons. The van der Waals surface area contributed by atoms with Gasteiger partial charge in [0.1, 0.15) is 5.75 Å². The highest BCUT2D eigenvalue weighted by Crippen LogP contribution is 2.32. The summed E-state index contributed by atoms with van der Waals surface area (Å²) in [6, 6.07) is 11.9. The summed E-state index contributed by atoms with van der Waals surface area (Å²) in [4.78, 5) is 18.9. The van der Waals surface area contributed by atoms with E-state index in [-0.39, 0.29) is 5.91 Å². The van der Waals surface area contributed by atoms with Gasteiger partial charge in [0.05, 0.1) is 18.6 Å². The van der Waals surface area contributed by atoms with Gasteiger partial charge in [0, 0.05) is 31.0 Å². The van der Waals surface area contributed by atoms with Crippen molar-refractivity contribution in [2.75, 3.05) is 19.9 Å². The van der Waals surface area contributed by atoms with E-state index >= 15 is 0 Å². The Morgan fingerprint density at radius 2 is 1.87 bits per heavy atom. The Balaban J connectivity index is 1.62. The quantitative estimate of drug-likeness (QED) is 0.515. The van der Waals surface area contributed by atoms with Crippen LogP contribution in [0.5, 0.6) is 5.75 Å². The van der Waals surface area contributed by atoms with Crippen LogP contribution in [0.15, 0.2) is 53.9 Å². The van der Waals surface area contributed by atoms with Gasteiger partial charge in [-0.05, 0) is 37.1 Å². The maximum atomic E-state index is 12.9. The molecule has 0 unspecified atom stereocenters. The lowest BCUT2D eigenvalue weighted by molar-refractivity contribution is -0.129. The summed E-state index contributed by atoms with van der Waals surface area (Å²) in [7, 11) is 3.57. The van der Waals surface area contributed by atoms with Crippen LogP contribution in [0.3, 0.4) is 0 Å². The zero-order valence-electron chi connectivity index (χ0n) is 17.9.